The minimum atomic E-state index is -0.310. The van der Waals surface area contributed by atoms with E-state index in [2.05, 4.69) is 52.7 Å². The average molecular weight is 566 g/mol. The van der Waals surface area contributed by atoms with Gasteiger partial charge in [-0.1, -0.05) is 66.8 Å². The van der Waals surface area contributed by atoms with Gasteiger partial charge in [0.05, 0.1) is 18.0 Å². The molecule has 2 saturated heterocycles. The van der Waals surface area contributed by atoms with Crippen molar-refractivity contribution in [3.63, 3.8) is 0 Å². The molecule has 2 atom stereocenters. The van der Waals surface area contributed by atoms with Gasteiger partial charge in [-0.3, -0.25) is 9.59 Å². The van der Waals surface area contributed by atoms with Gasteiger partial charge in [0.15, 0.2) is 0 Å². The Labute approximate surface area is 247 Å². The molecule has 3 aliphatic rings. The lowest BCUT2D eigenvalue weighted by atomic mass is 9.72. The van der Waals surface area contributed by atoms with Gasteiger partial charge in [0.25, 0.3) is 0 Å². The van der Waals surface area contributed by atoms with E-state index < -0.39 is 0 Å². The maximum absolute atomic E-state index is 13.6. The van der Waals surface area contributed by atoms with Gasteiger partial charge in [0, 0.05) is 49.4 Å². The van der Waals surface area contributed by atoms with Crippen molar-refractivity contribution in [2.45, 2.75) is 50.5 Å². The summed E-state index contributed by atoms with van der Waals surface area (Å²) < 4.78 is 5.25. The van der Waals surface area contributed by atoms with E-state index in [4.69, 9.17) is 14.7 Å². The molecule has 0 spiro atoms. The number of para-hydroxylation sites is 1. The van der Waals surface area contributed by atoms with Gasteiger partial charge >= 0.3 is 5.97 Å². The first kappa shape index (κ1) is 27.9. The molecule has 6 rings (SSSR count). The molecule has 42 heavy (non-hydrogen) atoms. The number of rotatable bonds is 8. The van der Waals surface area contributed by atoms with Crippen LogP contribution in [0.2, 0.25) is 0 Å². The largest absolute Gasteiger partial charge is 0.466 e. The fourth-order valence-corrected chi connectivity index (χ4v) is 6.50. The number of hydrogen-bond donors (Lipinski definition) is 1. The van der Waals surface area contributed by atoms with E-state index in [0.29, 0.717) is 32.1 Å². The van der Waals surface area contributed by atoms with Crippen LogP contribution in [0.4, 0.5) is 11.8 Å². The lowest BCUT2D eigenvalue weighted by Crippen LogP contribution is -2.38. The number of allylic oxidation sites excluding steroid dienone is 4. The Balaban J connectivity index is 1.14. The van der Waals surface area contributed by atoms with Crippen molar-refractivity contribution in [3.05, 3.63) is 84.5 Å². The molecule has 8 heteroatoms. The van der Waals surface area contributed by atoms with E-state index in [-0.39, 0.29) is 29.3 Å². The molecule has 0 saturated carbocycles. The summed E-state index contributed by atoms with van der Waals surface area (Å²) in [5, 5.41) is 4.55. The van der Waals surface area contributed by atoms with E-state index in [1.54, 1.807) is 0 Å². The summed E-state index contributed by atoms with van der Waals surface area (Å²) in [6, 6.07) is 18.5. The first-order valence-corrected chi connectivity index (χ1v) is 15.2. The number of esters is 1. The number of fused-ring (bicyclic) bond motifs is 1. The number of anilines is 2. The summed E-state index contributed by atoms with van der Waals surface area (Å²) in [7, 11) is 0. The zero-order valence-corrected chi connectivity index (χ0v) is 24.2. The highest BCUT2D eigenvalue weighted by Gasteiger charge is 2.36. The molecule has 2 unspecified atom stereocenters. The number of hydrogen-bond acceptors (Lipinski definition) is 7. The first-order valence-electron chi connectivity index (χ1n) is 15.2. The Morgan fingerprint density at radius 2 is 1.76 bits per heavy atom. The third-order valence-electron chi connectivity index (χ3n) is 8.83. The minimum absolute atomic E-state index is 0.0601. The number of benzene rings is 2. The predicted molar refractivity (Wildman–Crippen MR) is 165 cm³/mol. The van der Waals surface area contributed by atoms with Crippen molar-refractivity contribution >= 4 is 34.5 Å². The number of carbonyl (C=O) groups is 2. The van der Waals surface area contributed by atoms with Crippen LogP contribution in [0.1, 0.15) is 44.6 Å². The van der Waals surface area contributed by atoms with Crippen molar-refractivity contribution in [1.29, 1.82) is 0 Å². The van der Waals surface area contributed by atoms with Crippen LogP contribution >= 0.6 is 0 Å². The maximum atomic E-state index is 13.6. The van der Waals surface area contributed by atoms with Crippen molar-refractivity contribution < 1.29 is 14.3 Å². The summed E-state index contributed by atoms with van der Waals surface area (Å²) in [5.41, 5.74) is 1.75. The molecule has 3 heterocycles. The van der Waals surface area contributed by atoms with Gasteiger partial charge in [-0.05, 0) is 50.3 Å². The zero-order valence-electron chi connectivity index (χ0n) is 24.2. The van der Waals surface area contributed by atoms with Gasteiger partial charge in [-0.2, -0.15) is 4.98 Å². The van der Waals surface area contributed by atoms with Gasteiger partial charge in [-0.25, -0.2) is 4.98 Å². The number of nitrogens with one attached hydrogen (secondary N) is 1. The smallest absolute Gasteiger partial charge is 0.309 e. The second-order valence-electron chi connectivity index (χ2n) is 11.6. The molecule has 0 bridgehead atoms. The molecule has 1 aliphatic carbocycles. The highest BCUT2D eigenvalue weighted by Crippen LogP contribution is 2.37. The number of carbonyl (C=O) groups excluding carboxylic acids is 2. The van der Waals surface area contributed by atoms with Crippen molar-refractivity contribution in [1.82, 2.24) is 14.9 Å². The summed E-state index contributed by atoms with van der Waals surface area (Å²) in [4.78, 5) is 39.9. The normalized spacial score (nSPS) is 22.5. The standard InChI is InChI=1S/C34H39N5O3/c1-2-42-32(41)25-15-20-38(21-16-25)31-28-13-7-8-14-29(28)36-33(37-31)35-27-17-22-39(24-27)30(40)23-34(18-9-4-10-19-34)26-11-5-3-6-12-26/h3-14,18,25,27H,2,15-17,19-24H2,1H3,(H,35,36,37). The van der Waals surface area contributed by atoms with Crippen molar-refractivity contribution in [2.75, 3.05) is 43.0 Å². The van der Waals surface area contributed by atoms with E-state index in [1.165, 1.54) is 5.56 Å². The summed E-state index contributed by atoms with van der Waals surface area (Å²) in [6.45, 7) is 5.07. The van der Waals surface area contributed by atoms with E-state index in [1.807, 2.05) is 48.2 Å². The lowest BCUT2D eigenvalue weighted by Gasteiger charge is -2.33. The lowest BCUT2D eigenvalue weighted by molar-refractivity contribution is -0.148. The van der Waals surface area contributed by atoms with Gasteiger partial charge < -0.3 is 19.9 Å². The third kappa shape index (κ3) is 5.89. The van der Waals surface area contributed by atoms with Crippen molar-refractivity contribution in [3.8, 4) is 0 Å². The van der Waals surface area contributed by atoms with Crippen molar-refractivity contribution in [2.24, 2.45) is 5.92 Å². The molecular weight excluding hydrogens is 526 g/mol. The Morgan fingerprint density at radius 3 is 2.52 bits per heavy atom. The van der Waals surface area contributed by atoms with Gasteiger partial charge in [-0.15, -0.1) is 0 Å². The summed E-state index contributed by atoms with van der Waals surface area (Å²) in [5.74, 6) is 1.48. The molecule has 0 radical (unpaired) electrons. The third-order valence-corrected chi connectivity index (χ3v) is 8.83. The number of piperidine rings is 1. The number of amides is 1. The molecule has 1 amide bonds. The molecule has 8 nitrogen and oxygen atoms in total. The molecular formula is C34H39N5O3. The van der Waals surface area contributed by atoms with E-state index >= 15 is 0 Å². The number of ether oxygens (including phenoxy) is 1. The number of aromatic nitrogens is 2. The molecule has 1 aromatic heterocycles. The number of nitrogens with zero attached hydrogens (tertiary/aromatic N) is 4. The SMILES string of the molecule is CCOC(=O)C1CCN(c2nc(NC3CCN(C(=O)CC4(c5ccccc5)C=CC=CC4)C3)nc3ccccc23)CC1. The quantitative estimate of drug-likeness (QED) is 0.373. The van der Waals surface area contributed by atoms with E-state index in [9.17, 15) is 9.59 Å². The van der Waals surface area contributed by atoms with Gasteiger partial charge in [0.1, 0.15) is 5.82 Å². The van der Waals surface area contributed by atoms with Crippen LogP contribution in [0, 0.1) is 5.92 Å². The molecule has 2 aliphatic heterocycles. The first-order chi connectivity index (χ1) is 20.5. The highest BCUT2D eigenvalue weighted by molar-refractivity contribution is 5.90. The van der Waals surface area contributed by atoms with Gasteiger partial charge in [0.2, 0.25) is 11.9 Å². The summed E-state index contributed by atoms with van der Waals surface area (Å²) >= 11 is 0. The summed E-state index contributed by atoms with van der Waals surface area (Å²) in [6.07, 6.45) is 12.1. The molecule has 2 aromatic carbocycles. The van der Waals surface area contributed by atoms with Crippen LogP contribution in [0.15, 0.2) is 78.9 Å². The zero-order chi connectivity index (χ0) is 28.9. The molecule has 218 valence electrons. The van der Waals surface area contributed by atoms with Crippen LogP contribution in [-0.2, 0) is 19.7 Å². The maximum Gasteiger partial charge on any atom is 0.309 e. The Bertz CT molecular complexity index is 1480. The molecule has 2 fully saturated rings. The molecule has 3 aromatic rings. The monoisotopic (exact) mass is 565 g/mol. The fraction of sp³-hybridized carbons (Fsp3) is 0.412. The predicted octanol–water partition coefficient (Wildman–Crippen LogP) is 5.27. The second-order valence-corrected chi connectivity index (χ2v) is 11.6. The minimum Gasteiger partial charge on any atom is -0.466 e. The Kier molecular flexibility index (Phi) is 8.22. The Morgan fingerprint density at radius 1 is 0.976 bits per heavy atom. The Hall–Kier alpha value is -4.20. The average Bonchev–Trinajstić information content (AvgIpc) is 3.50. The fourth-order valence-electron chi connectivity index (χ4n) is 6.50. The van der Waals surface area contributed by atoms with E-state index in [0.717, 1.165) is 55.5 Å². The van der Waals surface area contributed by atoms with Crippen LogP contribution in [0.3, 0.4) is 0 Å². The van der Waals surface area contributed by atoms with Crippen LogP contribution < -0.4 is 10.2 Å². The van der Waals surface area contributed by atoms with Crippen LogP contribution in [-0.4, -0.2) is 65.6 Å². The van der Waals surface area contributed by atoms with Crippen LogP contribution in [0.5, 0.6) is 0 Å². The van der Waals surface area contributed by atoms with Crippen LogP contribution in [0.25, 0.3) is 10.9 Å². The topological polar surface area (TPSA) is 87.7 Å². The molecule has 1 N–H and O–H groups in total. The second kappa shape index (κ2) is 12.3. The number of likely N-dealkylation sites (tertiary alicyclic amines) is 1. The highest BCUT2D eigenvalue weighted by atomic mass is 16.5.